The van der Waals surface area contributed by atoms with Crippen LogP contribution in [0.5, 0.6) is 17.2 Å². The van der Waals surface area contributed by atoms with Crippen LogP contribution in [0.1, 0.15) is 301 Å². The average Bonchev–Trinajstić information content (AvgIpc) is 3.25. The van der Waals surface area contributed by atoms with Crippen LogP contribution in [0.4, 0.5) is 0 Å². The predicted octanol–water partition coefficient (Wildman–Crippen LogP) is 14.6. The fourth-order valence-corrected chi connectivity index (χ4v) is 8.48. The Morgan fingerprint density at radius 2 is 0.541 bits per heavy atom. The molecule has 0 amide bonds. The number of carbonyl (C=O) groups excluding carboxylic acids is 1. The molecule has 5 nitrogen and oxygen atoms in total. The fourth-order valence-electron chi connectivity index (χ4n) is 8.48. The normalized spacial score (nSPS) is 11.2. The van der Waals surface area contributed by atoms with E-state index in [1.165, 1.54) is 231 Å². The minimum Gasteiger partial charge on any atom is -0.545 e. The summed E-state index contributed by atoms with van der Waals surface area (Å²) in [6, 6.07) is 3.16. The van der Waals surface area contributed by atoms with Gasteiger partial charge in [-0.3, -0.25) is 0 Å². The number of carboxylic acid groups (broad SMARTS) is 1. The summed E-state index contributed by atoms with van der Waals surface area (Å²) in [6.45, 7) is 8.52. The van der Waals surface area contributed by atoms with E-state index in [0.717, 1.165) is 38.5 Å². The number of ether oxygens (including phenoxy) is 3. The van der Waals surface area contributed by atoms with E-state index in [2.05, 4.69) is 20.8 Å². The van der Waals surface area contributed by atoms with Gasteiger partial charge in [-0.05, 0) is 31.4 Å². The van der Waals surface area contributed by atoms with Gasteiger partial charge in [-0.15, -0.1) is 0 Å². The summed E-state index contributed by atoms with van der Waals surface area (Å²) in [5.74, 6) is 0.307. The Labute approximate surface area is 392 Å². The second-order valence-corrected chi connectivity index (χ2v) is 18.4. The van der Waals surface area contributed by atoms with Crippen molar-refractivity contribution in [2.24, 2.45) is 0 Å². The molecule has 0 aliphatic rings. The van der Waals surface area contributed by atoms with E-state index in [9.17, 15) is 9.90 Å². The van der Waals surface area contributed by atoms with Gasteiger partial charge in [0.1, 0.15) is 0 Å². The average molecular weight is 849 g/mol. The maximum absolute atomic E-state index is 12.1. The Bertz CT molecular complexity index is 992. The summed E-state index contributed by atoms with van der Waals surface area (Å²) >= 11 is 0. The van der Waals surface area contributed by atoms with Crippen molar-refractivity contribution < 1.29 is 43.0 Å². The van der Waals surface area contributed by atoms with Gasteiger partial charge in [-0.25, -0.2) is 0 Å². The van der Waals surface area contributed by atoms with Gasteiger partial charge in [0.2, 0.25) is 5.75 Å². The second kappa shape index (κ2) is 48.2. The van der Waals surface area contributed by atoms with Gasteiger partial charge in [-0.2, -0.15) is 0 Å². The first-order chi connectivity index (χ1) is 29.6. The van der Waals surface area contributed by atoms with E-state index < -0.39 is 5.97 Å². The van der Waals surface area contributed by atoms with Crippen LogP contribution in [0.3, 0.4) is 0 Å². The SMILES string of the molecule is CCCCCCCCCCCCCCCCOc1cc(C(=O)[O-])cc(OCCCCCCCCCCCCCCCC)c1OCCCCCCCCCCCCCCCC.[Li+]. The van der Waals surface area contributed by atoms with Crippen molar-refractivity contribution in [1.82, 2.24) is 0 Å². The van der Waals surface area contributed by atoms with E-state index in [1.54, 1.807) is 12.1 Å². The van der Waals surface area contributed by atoms with Crippen LogP contribution in [0, 0.1) is 0 Å². The number of hydrogen-bond acceptors (Lipinski definition) is 5. The van der Waals surface area contributed by atoms with Crippen molar-refractivity contribution >= 4 is 5.97 Å². The molecule has 0 aliphatic carbocycles. The zero-order valence-corrected chi connectivity index (χ0v) is 41.5. The number of aromatic carboxylic acids is 1. The van der Waals surface area contributed by atoms with Crippen molar-refractivity contribution in [3.8, 4) is 17.2 Å². The van der Waals surface area contributed by atoms with Crippen molar-refractivity contribution in [2.45, 2.75) is 290 Å². The topological polar surface area (TPSA) is 67.8 Å². The van der Waals surface area contributed by atoms with E-state index >= 15 is 0 Å². The number of rotatable bonds is 49. The zero-order chi connectivity index (χ0) is 43.2. The molecular weight excluding hydrogens is 748 g/mol. The molecule has 352 valence electrons. The van der Waals surface area contributed by atoms with Gasteiger partial charge in [0.05, 0.1) is 25.8 Å². The third-order valence-electron chi connectivity index (χ3n) is 12.5. The quantitative estimate of drug-likeness (QED) is 0.0483. The molecule has 6 heteroatoms. The van der Waals surface area contributed by atoms with Crippen LogP contribution in [-0.4, -0.2) is 25.8 Å². The van der Waals surface area contributed by atoms with Crippen LogP contribution in [-0.2, 0) is 0 Å². The van der Waals surface area contributed by atoms with Crippen LogP contribution in [0.15, 0.2) is 12.1 Å². The molecule has 0 aromatic heterocycles. The first kappa shape index (κ1) is 59.7. The number of hydrogen-bond donors (Lipinski definition) is 0. The Morgan fingerprint density at radius 1 is 0.344 bits per heavy atom. The van der Waals surface area contributed by atoms with Crippen LogP contribution in [0.2, 0.25) is 0 Å². The van der Waals surface area contributed by atoms with Gasteiger partial charge in [0, 0.05) is 5.56 Å². The van der Waals surface area contributed by atoms with Crippen LogP contribution in [0.25, 0.3) is 0 Å². The summed E-state index contributed by atoms with van der Waals surface area (Å²) in [7, 11) is 0. The third kappa shape index (κ3) is 38.8. The molecule has 61 heavy (non-hydrogen) atoms. The maximum atomic E-state index is 12.1. The number of unbranched alkanes of at least 4 members (excludes halogenated alkanes) is 39. The molecule has 1 aromatic rings. The molecule has 0 heterocycles. The zero-order valence-electron chi connectivity index (χ0n) is 41.5. The molecule has 1 aromatic carbocycles. The van der Waals surface area contributed by atoms with Crippen LogP contribution >= 0.6 is 0 Å². The second-order valence-electron chi connectivity index (χ2n) is 18.4. The third-order valence-corrected chi connectivity index (χ3v) is 12.5. The summed E-state index contributed by atoms with van der Waals surface area (Å²) in [6.07, 6.45) is 55.1. The van der Waals surface area contributed by atoms with Gasteiger partial charge in [-0.1, -0.05) is 271 Å². The van der Waals surface area contributed by atoms with Gasteiger partial charge < -0.3 is 24.1 Å². The van der Waals surface area contributed by atoms with Crippen molar-refractivity contribution in [3.63, 3.8) is 0 Å². The number of carbonyl (C=O) groups is 1. The number of carboxylic acids is 1. The monoisotopic (exact) mass is 849 g/mol. The minimum atomic E-state index is -1.21. The molecule has 0 saturated heterocycles. The minimum absolute atomic E-state index is 0. The van der Waals surface area contributed by atoms with E-state index in [-0.39, 0.29) is 24.4 Å². The van der Waals surface area contributed by atoms with E-state index in [4.69, 9.17) is 14.2 Å². The standard InChI is InChI=1S/C55H102O5.Li/c1-4-7-10-13-16-19-22-25-28-31-34-37-40-43-46-58-52-49-51(55(56)57)50-53(59-47-44-41-38-35-32-29-26-23-20-17-14-11-8-5-2)54(52)60-48-45-42-39-36-33-30-27-24-21-18-15-12-9-6-3;/h49-50H,4-48H2,1-3H3,(H,56,57);/q;+1/p-1. The van der Waals surface area contributed by atoms with Crippen molar-refractivity contribution in [2.75, 3.05) is 19.8 Å². The largest absolute Gasteiger partial charge is 1.00 e. The molecule has 0 bridgehead atoms. The van der Waals surface area contributed by atoms with E-state index in [1.807, 2.05) is 0 Å². The molecule has 0 N–H and O–H groups in total. The van der Waals surface area contributed by atoms with Crippen molar-refractivity contribution in [1.29, 1.82) is 0 Å². The summed E-state index contributed by atoms with van der Waals surface area (Å²) < 4.78 is 19.0. The first-order valence-electron chi connectivity index (χ1n) is 26.9. The Hall–Kier alpha value is -1.31. The Morgan fingerprint density at radius 3 is 0.754 bits per heavy atom. The maximum Gasteiger partial charge on any atom is 1.00 e. The van der Waals surface area contributed by atoms with Gasteiger partial charge >= 0.3 is 18.9 Å². The summed E-state index contributed by atoms with van der Waals surface area (Å²) in [4.78, 5) is 12.1. The van der Waals surface area contributed by atoms with E-state index in [0.29, 0.717) is 37.1 Å². The predicted molar refractivity (Wildman–Crippen MR) is 258 cm³/mol. The molecule has 0 spiro atoms. The molecule has 0 saturated carbocycles. The smallest absolute Gasteiger partial charge is 0.545 e. The van der Waals surface area contributed by atoms with Gasteiger partial charge in [0.25, 0.3) is 0 Å². The molecule has 1 rings (SSSR count). The Balaban J connectivity index is 0.0000360. The fraction of sp³-hybridized carbons (Fsp3) is 0.873. The summed E-state index contributed by atoms with van der Waals surface area (Å²) in [5.41, 5.74) is 0.0887. The molecule has 0 aliphatic heterocycles. The Kier molecular flexibility index (Phi) is 47.1. The molecule has 0 fully saturated rings. The van der Waals surface area contributed by atoms with Crippen molar-refractivity contribution in [3.05, 3.63) is 17.7 Å². The molecule has 0 unspecified atom stereocenters. The molecule has 0 radical (unpaired) electrons. The summed E-state index contributed by atoms with van der Waals surface area (Å²) in [5, 5.41) is 12.1. The number of benzene rings is 1. The molecule has 0 atom stereocenters. The molecular formula is C55H101LiO5. The van der Waals surface area contributed by atoms with Crippen LogP contribution < -0.4 is 38.2 Å². The first-order valence-corrected chi connectivity index (χ1v) is 26.9. The van der Waals surface area contributed by atoms with Gasteiger partial charge in [0.15, 0.2) is 11.5 Å².